The fraction of sp³-hybridized carbons (Fsp3) is 0.625. The zero-order valence-electron chi connectivity index (χ0n) is 13.6. The topological polar surface area (TPSA) is 51.7 Å². The Morgan fingerprint density at radius 2 is 2.09 bits per heavy atom. The Kier molecular flexibility index (Phi) is 6.28. The van der Waals surface area contributed by atoms with Gasteiger partial charge in [0.05, 0.1) is 10.7 Å². The average molecular weight is 406 g/mol. The number of carbonyl (C=O) groups is 1. The highest BCUT2D eigenvalue weighted by Gasteiger charge is 2.30. The molecule has 1 fully saturated rings. The Hall–Kier alpha value is -0.850. The summed E-state index contributed by atoms with van der Waals surface area (Å²) in [5.41, 5.74) is -0.553. The maximum Gasteiger partial charge on any atom is 0.349 e. The molecule has 23 heavy (non-hydrogen) atoms. The van der Waals surface area contributed by atoms with Gasteiger partial charge in [-0.05, 0) is 68.7 Å². The number of likely N-dealkylation sites (tertiary alicyclic amines) is 1. The van der Waals surface area contributed by atoms with E-state index in [-0.39, 0.29) is 5.97 Å². The molecule has 1 aliphatic heterocycles. The van der Waals surface area contributed by atoms with Gasteiger partial charge in [0, 0.05) is 6.54 Å². The van der Waals surface area contributed by atoms with Crippen LogP contribution < -0.4 is 4.74 Å². The van der Waals surface area contributed by atoms with E-state index >= 15 is 0 Å². The molecule has 1 unspecified atom stereocenters. The highest BCUT2D eigenvalue weighted by Crippen LogP contribution is 2.25. The lowest BCUT2D eigenvalue weighted by molar-refractivity contribution is -0.164. The molecule has 0 N–H and O–H groups in total. The smallest absolute Gasteiger partial charge is 0.349 e. The number of halogens is 2. The van der Waals surface area contributed by atoms with Crippen LogP contribution in [0.3, 0.4) is 0 Å². The van der Waals surface area contributed by atoms with Gasteiger partial charge in [0.2, 0.25) is 6.10 Å². The van der Waals surface area contributed by atoms with Gasteiger partial charge in [-0.2, -0.15) is 0 Å². The Morgan fingerprint density at radius 1 is 1.43 bits per heavy atom. The van der Waals surface area contributed by atoms with Crippen molar-refractivity contribution in [2.24, 2.45) is 0 Å². The molecular formula is C16H22BrClN2O3. The summed E-state index contributed by atoms with van der Waals surface area (Å²) in [6, 6.07) is 1.71. The van der Waals surface area contributed by atoms with Crippen molar-refractivity contribution in [1.29, 1.82) is 0 Å². The highest BCUT2D eigenvalue weighted by atomic mass is 79.9. The van der Waals surface area contributed by atoms with Crippen molar-refractivity contribution in [3.8, 4) is 5.75 Å². The van der Waals surface area contributed by atoms with Gasteiger partial charge in [-0.25, -0.2) is 9.78 Å². The van der Waals surface area contributed by atoms with E-state index in [4.69, 9.17) is 21.1 Å². The van der Waals surface area contributed by atoms with Crippen LogP contribution in [0.25, 0.3) is 0 Å². The molecule has 1 saturated heterocycles. The van der Waals surface area contributed by atoms with Crippen molar-refractivity contribution in [1.82, 2.24) is 9.88 Å². The molecule has 0 amide bonds. The second-order valence-corrected chi connectivity index (χ2v) is 7.80. The van der Waals surface area contributed by atoms with Gasteiger partial charge >= 0.3 is 5.97 Å². The molecule has 1 aromatic rings. The van der Waals surface area contributed by atoms with Crippen LogP contribution in [-0.2, 0) is 9.53 Å². The van der Waals surface area contributed by atoms with Gasteiger partial charge in [-0.3, -0.25) is 4.90 Å². The average Bonchev–Trinajstić information content (AvgIpc) is 2.93. The molecule has 0 aliphatic carbocycles. The number of esters is 1. The zero-order valence-corrected chi connectivity index (χ0v) is 16.0. The van der Waals surface area contributed by atoms with Crippen molar-refractivity contribution in [3.05, 3.63) is 21.9 Å². The maximum absolute atomic E-state index is 12.5. The molecule has 7 heteroatoms. The normalized spacial score (nSPS) is 17.1. The van der Waals surface area contributed by atoms with Crippen LogP contribution in [0.4, 0.5) is 0 Å². The summed E-state index contributed by atoms with van der Waals surface area (Å²) in [5, 5.41) is 0.353. The maximum atomic E-state index is 12.5. The molecule has 0 saturated carbocycles. The second kappa shape index (κ2) is 7.81. The highest BCUT2D eigenvalue weighted by molar-refractivity contribution is 9.10. The van der Waals surface area contributed by atoms with E-state index < -0.39 is 11.7 Å². The molecule has 1 aromatic heterocycles. The first-order valence-corrected chi connectivity index (χ1v) is 8.84. The monoisotopic (exact) mass is 404 g/mol. The van der Waals surface area contributed by atoms with Crippen LogP contribution in [0.15, 0.2) is 16.7 Å². The number of hydrogen-bond acceptors (Lipinski definition) is 5. The van der Waals surface area contributed by atoms with Crippen molar-refractivity contribution in [2.45, 2.75) is 45.3 Å². The molecule has 0 bridgehead atoms. The van der Waals surface area contributed by atoms with E-state index in [0.29, 0.717) is 21.9 Å². The number of carbonyl (C=O) groups excluding carboxylic acids is 1. The fourth-order valence-electron chi connectivity index (χ4n) is 2.36. The Bertz CT molecular complexity index is 557. The molecule has 0 aromatic carbocycles. The largest absolute Gasteiger partial charge is 0.476 e. The molecule has 0 radical (unpaired) electrons. The molecule has 2 heterocycles. The van der Waals surface area contributed by atoms with Crippen LogP contribution in [-0.4, -0.2) is 47.2 Å². The number of ether oxygens (including phenoxy) is 2. The van der Waals surface area contributed by atoms with E-state index in [1.54, 1.807) is 6.07 Å². The summed E-state index contributed by atoms with van der Waals surface area (Å²) in [6.45, 7) is 8.00. The minimum atomic E-state index is -0.692. The van der Waals surface area contributed by atoms with E-state index in [2.05, 4.69) is 25.8 Å². The van der Waals surface area contributed by atoms with E-state index in [0.717, 1.165) is 25.9 Å². The van der Waals surface area contributed by atoms with Gasteiger partial charge in [0.1, 0.15) is 16.5 Å². The quantitative estimate of drug-likeness (QED) is 0.552. The summed E-state index contributed by atoms with van der Waals surface area (Å²) in [4.78, 5) is 18.7. The molecular weight excluding hydrogens is 384 g/mol. The van der Waals surface area contributed by atoms with Crippen molar-refractivity contribution < 1.29 is 14.3 Å². The third-order valence-corrected chi connectivity index (χ3v) is 4.48. The van der Waals surface area contributed by atoms with Gasteiger partial charge in [0.15, 0.2) is 0 Å². The Morgan fingerprint density at radius 3 is 2.65 bits per heavy atom. The van der Waals surface area contributed by atoms with Gasteiger partial charge in [-0.15, -0.1) is 0 Å². The SMILES string of the molecule is CC(C)(C)OC(=O)C(CN1CCCC1)Oc1cnc(Cl)c(Br)c1. The number of nitrogens with zero attached hydrogens (tertiary/aromatic N) is 2. The molecule has 5 nitrogen and oxygen atoms in total. The minimum absolute atomic E-state index is 0.353. The Labute approximate surface area is 150 Å². The zero-order chi connectivity index (χ0) is 17.0. The van der Waals surface area contributed by atoms with Crippen LogP contribution in [0.1, 0.15) is 33.6 Å². The molecule has 1 aliphatic rings. The first-order valence-electron chi connectivity index (χ1n) is 7.67. The molecule has 2 rings (SSSR count). The van der Waals surface area contributed by atoms with Gasteiger partial charge < -0.3 is 9.47 Å². The fourth-order valence-corrected chi connectivity index (χ4v) is 2.79. The van der Waals surface area contributed by atoms with Crippen LogP contribution in [0.5, 0.6) is 5.75 Å². The first-order chi connectivity index (χ1) is 10.7. The summed E-state index contributed by atoms with van der Waals surface area (Å²) < 4.78 is 12.0. The van der Waals surface area contributed by atoms with E-state index in [1.807, 2.05) is 20.8 Å². The lowest BCUT2D eigenvalue weighted by atomic mass is 10.2. The van der Waals surface area contributed by atoms with Crippen molar-refractivity contribution in [2.75, 3.05) is 19.6 Å². The third-order valence-electron chi connectivity index (χ3n) is 3.34. The van der Waals surface area contributed by atoms with Crippen molar-refractivity contribution >= 4 is 33.5 Å². The van der Waals surface area contributed by atoms with Crippen molar-refractivity contribution in [3.63, 3.8) is 0 Å². The third kappa shape index (κ3) is 5.94. The van der Waals surface area contributed by atoms with Crippen LogP contribution >= 0.6 is 27.5 Å². The lowest BCUT2D eigenvalue weighted by Crippen LogP contribution is -2.43. The minimum Gasteiger partial charge on any atom is -0.476 e. The lowest BCUT2D eigenvalue weighted by Gasteiger charge is -2.27. The standard InChI is InChI=1S/C16H22BrClN2O3/c1-16(2,3)23-15(21)13(10-20-6-4-5-7-20)22-11-8-12(17)14(18)19-9-11/h8-9,13H,4-7,10H2,1-3H3. The van der Waals surface area contributed by atoms with Gasteiger partial charge in [-0.1, -0.05) is 11.6 Å². The number of aromatic nitrogens is 1. The molecule has 1 atom stereocenters. The predicted molar refractivity (Wildman–Crippen MR) is 92.9 cm³/mol. The summed E-state index contributed by atoms with van der Waals surface area (Å²) in [7, 11) is 0. The summed E-state index contributed by atoms with van der Waals surface area (Å²) in [6.07, 6.45) is 3.11. The number of hydrogen-bond donors (Lipinski definition) is 0. The number of rotatable bonds is 5. The van der Waals surface area contributed by atoms with Gasteiger partial charge in [0.25, 0.3) is 0 Å². The Balaban J connectivity index is 2.10. The first kappa shape index (κ1) is 18.5. The van der Waals surface area contributed by atoms with Crippen LogP contribution in [0.2, 0.25) is 5.15 Å². The molecule has 128 valence electrons. The van der Waals surface area contributed by atoms with E-state index in [1.165, 1.54) is 6.20 Å². The second-order valence-electron chi connectivity index (χ2n) is 6.59. The summed E-state index contributed by atoms with van der Waals surface area (Å²) in [5.74, 6) is 0.117. The predicted octanol–water partition coefficient (Wildman–Crippen LogP) is 3.68. The number of pyridine rings is 1. The molecule has 0 spiro atoms. The summed E-state index contributed by atoms with van der Waals surface area (Å²) >= 11 is 9.20. The van der Waals surface area contributed by atoms with E-state index in [9.17, 15) is 4.79 Å². The van der Waals surface area contributed by atoms with Crippen LogP contribution in [0, 0.1) is 0 Å².